The lowest BCUT2D eigenvalue weighted by molar-refractivity contribution is -0.110. The van der Waals surface area contributed by atoms with Crippen LogP contribution in [0.4, 0.5) is 0 Å². The molecule has 0 aliphatic carbocycles. The minimum Gasteiger partial charge on any atom is -0.303 e. The summed E-state index contributed by atoms with van der Waals surface area (Å²) in [5.74, 6) is 2.66. The third kappa shape index (κ3) is 2.22. The van der Waals surface area contributed by atoms with Crippen LogP contribution in [0.2, 0.25) is 19.6 Å². The van der Waals surface area contributed by atoms with Crippen molar-refractivity contribution in [3.8, 4) is 0 Å². The Morgan fingerprint density at radius 2 is 1.79 bits per heavy atom. The minimum absolute atomic E-state index is 0.199. The van der Waals surface area contributed by atoms with Crippen molar-refractivity contribution in [3.63, 3.8) is 0 Å². The molecule has 0 amide bonds. The van der Waals surface area contributed by atoms with Gasteiger partial charge in [-0.1, -0.05) is 26.6 Å². The van der Waals surface area contributed by atoms with Crippen LogP contribution in [-0.2, 0) is 4.79 Å². The van der Waals surface area contributed by atoms with Crippen LogP contribution < -0.4 is 0 Å². The van der Waals surface area contributed by atoms with E-state index in [2.05, 4.69) is 26.6 Å². The molecule has 0 saturated carbocycles. The second kappa shape index (κ2) is 4.62. The van der Waals surface area contributed by atoms with E-state index in [9.17, 15) is 4.79 Å². The minimum atomic E-state index is -1.30. The van der Waals surface area contributed by atoms with Crippen molar-refractivity contribution >= 4 is 37.9 Å². The van der Waals surface area contributed by atoms with Gasteiger partial charge in [-0.2, -0.15) is 0 Å². The van der Waals surface area contributed by atoms with Gasteiger partial charge in [-0.15, -0.1) is 23.5 Å². The monoisotopic (exact) mass is 248 g/mol. The third-order valence-electron chi connectivity index (χ3n) is 2.77. The van der Waals surface area contributed by atoms with Crippen LogP contribution in [0.15, 0.2) is 0 Å². The molecule has 0 unspecified atom stereocenters. The molecule has 0 N–H and O–H groups in total. The fraction of sp³-hybridized carbons (Fsp3) is 0.900. The number of thioether (sulfide) groups is 2. The summed E-state index contributed by atoms with van der Waals surface area (Å²) in [4.78, 5) is 11.1. The number of aldehydes is 1. The predicted molar refractivity (Wildman–Crippen MR) is 70.8 cm³/mol. The molecule has 1 saturated heterocycles. The summed E-state index contributed by atoms with van der Waals surface area (Å²) in [5.41, 5.74) is 0. The SMILES string of the molecule is C[C@@H](C=O)C1([Si](C)(C)C)SCCCS1. The Labute approximate surface area is 96.8 Å². The molecule has 0 spiro atoms. The van der Waals surface area contributed by atoms with Crippen molar-refractivity contribution in [3.05, 3.63) is 0 Å². The fourth-order valence-electron chi connectivity index (χ4n) is 2.02. The maximum atomic E-state index is 11.1. The zero-order chi connectivity index (χ0) is 10.8. The van der Waals surface area contributed by atoms with Gasteiger partial charge in [0.05, 0.1) is 11.8 Å². The smallest absolute Gasteiger partial charge is 0.124 e. The van der Waals surface area contributed by atoms with Gasteiger partial charge in [0, 0.05) is 5.92 Å². The Balaban J connectivity index is 2.94. The topological polar surface area (TPSA) is 17.1 Å². The molecule has 1 rings (SSSR count). The molecule has 82 valence electrons. The van der Waals surface area contributed by atoms with E-state index in [1.807, 2.05) is 23.5 Å². The zero-order valence-corrected chi connectivity index (χ0v) is 12.1. The summed E-state index contributed by atoms with van der Waals surface area (Å²) in [6.07, 6.45) is 2.46. The lowest BCUT2D eigenvalue weighted by Crippen LogP contribution is -2.53. The van der Waals surface area contributed by atoms with E-state index in [-0.39, 0.29) is 9.62 Å². The van der Waals surface area contributed by atoms with Gasteiger partial charge in [-0.05, 0) is 17.9 Å². The lowest BCUT2D eigenvalue weighted by atomic mass is 10.2. The maximum absolute atomic E-state index is 11.1. The van der Waals surface area contributed by atoms with Gasteiger partial charge in [0.25, 0.3) is 0 Å². The molecule has 0 aromatic heterocycles. The van der Waals surface area contributed by atoms with E-state index in [1.165, 1.54) is 17.9 Å². The quantitative estimate of drug-likeness (QED) is 0.564. The van der Waals surface area contributed by atoms with Gasteiger partial charge in [0.1, 0.15) is 6.29 Å². The van der Waals surface area contributed by atoms with Gasteiger partial charge in [0.2, 0.25) is 0 Å². The van der Waals surface area contributed by atoms with Crippen LogP contribution >= 0.6 is 23.5 Å². The second-order valence-electron chi connectivity index (χ2n) is 4.89. The van der Waals surface area contributed by atoms with Gasteiger partial charge in [-0.25, -0.2) is 0 Å². The molecule has 1 fully saturated rings. The largest absolute Gasteiger partial charge is 0.303 e. The van der Waals surface area contributed by atoms with E-state index >= 15 is 0 Å². The van der Waals surface area contributed by atoms with E-state index in [4.69, 9.17) is 0 Å². The molecule has 0 radical (unpaired) electrons. The van der Waals surface area contributed by atoms with E-state index in [1.54, 1.807) is 0 Å². The molecular formula is C10H20OS2Si. The van der Waals surface area contributed by atoms with Crippen molar-refractivity contribution in [2.24, 2.45) is 5.92 Å². The van der Waals surface area contributed by atoms with Crippen molar-refractivity contribution < 1.29 is 4.79 Å². The highest BCUT2D eigenvalue weighted by atomic mass is 32.2. The molecule has 14 heavy (non-hydrogen) atoms. The van der Waals surface area contributed by atoms with Crippen molar-refractivity contribution in [2.75, 3.05) is 11.5 Å². The van der Waals surface area contributed by atoms with Crippen LogP contribution in [0.3, 0.4) is 0 Å². The van der Waals surface area contributed by atoms with E-state index in [0.29, 0.717) is 0 Å². The summed E-state index contributed by atoms with van der Waals surface area (Å²) in [5, 5.41) is 0. The summed E-state index contributed by atoms with van der Waals surface area (Å²) in [6.45, 7) is 9.26. The predicted octanol–water partition coefficient (Wildman–Crippen LogP) is 3.27. The standard InChI is InChI=1S/C10H20OS2Si/c1-9(8-11)10(14(2,3)4)12-6-5-7-13-10/h8-9H,5-7H2,1-4H3/t9-/m0/s1. The Morgan fingerprint density at radius 3 is 2.14 bits per heavy atom. The Morgan fingerprint density at radius 1 is 1.29 bits per heavy atom. The molecule has 1 atom stereocenters. The summed E-state index contributed by atoms with van der Waals surface area (Å²) in [6, 6.07) is 0. The summed E-state index contributed by atoms with van der Waals surface area (Å²) in [7, 11) is -1.30. The number of rotatable bonds is 3. The van der Waals surface area contributed by atoms with Crippen molar-refractivity contribution in [2.45, 2.75) is 36.7 Å². The van der Waals surface area contributed by atoms with Crippen molar-refractivity contribution in [1.29, 1.82) is 0 Å². The number of carbonyl (C=O) groups excluding carboxylic acids is 1. The third-order valence-corrected chi connectivity index (χ3v) is 13.2. The van der Waals surface area contributed by atoms with Crippen molar-refractivity contribution in [1.82, 2.24) is 0 Å². The molecule has 1 heterocycles. The Hall–Kier alpha value is 0.587. The molecule has 4 heteroatoms. The zero-order valence-electron chi connectivity index (χ0n) is 9.50. The van der Waals surface area contributed by atoms with Crippen LogP contribution in [0.5, 0.6) is 0 Å². The van der Waals surface area contributed by atoms with E-state index < -0.39 is 8.07 Å². The number of hydrogen-bond donors (Lipinski definition) is 0. The average Bonchev–Trinajstić information content (AvgIpc) is 2.16. The number of hydrogen-bond acceptors (Lipinski definition) is 3. The maximum Gasteiger partial charge on any atom is 0.124 e. The first-order valence-electron chi connectivity index (χ1n) is 5.17. The first kappa shape index (κ1) is 12.7. The van der Waals surface area contributed by atoms with E-state index in [0.717, 1.165) is 6.29 Å². The summed E-state index contributed by atoms with van der Waals surface area (Å²) >= 11 is 4.09. The average molecular weight is 248 g/mol. The van der Waals surface area contributed by atoms with Gasteiger partial charge in [0.15, 0.2) is 0 Å². The van der Waals surface area contributed by atoms with Gasteiger partial charge in [-0.3, -0.25) is 0 Å². The van der Waals surface area contributed by atoms with Crippen LogP contribution in [0.25, 0.3) is 0 Å². The van der Waals surface area contributed by atoms with Crippen LogP contribution in [0.1, 0.15) is 13.3 Å². The van der Waals surface area contributed by atoms with Crippen LogP contribution in [0, 0.1) is 5.92 Å². The first-order chi connectivity index (χ1) is 6.44. The van der Waals surface area contributed by atoms with Crippen LogP contribution in [-0.4, -0.2) is 29.6 Å². The normalized spacial score (nSPS) is 24.3. The second-order valence-corrected chi connectivity index (χ2v) is 13.8. The Kier molecular flexibility index (Phi) is 4.18. The van der Waals surface area contributed by atoms with Gasteiger partial charge < -0.3 is 4.79 Å². The summed E-state index contributed by atoms with van der Waals surface area (Å²) < 4.78 is 0.229. The molecule has 0 aromatic carbocycles. The fourth-order valence-corrected chi connectivity index (χ4v) is 10.4. The molecule has 0 aromatic rings. The molecule has 1 aliphatic rings. The molecule has 0 bridgehead atoms. The highest BCUT2D eigenvalue weighted by molar-refractivity contribution is 8.21. The molecule has 1 aliphatic heterocycles. The highest BCUT2D eigenvalue weighted by Gasteiger charge is 2.49. The molecule has 1 nitrogen and oxygen atoms in total. The lowest BCUT2D eigenvalue weighted by Gasteiger charge is -2.47. The highest BCUT2D eigenvalue weighted by Crippen LogP contribution is 2.52. The van der Waals surface area contributed by atoms with Gasteiger partial charge >= 0.3 is 0 Å². The molecular weight excluding hydrogens is 228 g/mol. The Bertz CT molecular complexity index is 207. The number of carbonyl (C=O) groups is 1. The first-order valence-corrected chi connectivity index (χ1v) is 10.6.